The first-order valence-electron chi connectivity index (χ1n) is 4.37. The summed E-state index contributed by atoms with van der Waals surface area (Å²) in [6.07, 6.45) is 3.63. The van der Waals surface area contributed by atoms with Gasteiger partial charge in [-0.25, -0.2) is 4.98 Å². The fourth-order valence-corrected chi connectivity index (χ4v) is 1.62. The van der Waals surface area contributed by atoms with Gasteiger partial charge in [-0.3, -0.25) is 9.67 Å². The Labute approximate surface area is 86.4 Å². The summed E-state index contributed by atoms with van der Waals surface area (Å²) >= 11 is 5.10. The molecule has 2 rings (SSSR count). The molecular weight excluding hydrogens is 198 g/mol. The number of aryl methyl sites for hydroxylation is 1. The largest absolute Gasteiger partial charge is 0.331 e. The lowest BCUT2D eigenvalue weighted by Crippen LogP contribution is -2.01. The molecule has 1 N–H and O–H groups in total. The number of hydrogen-bond donors (Lipinski definition) is 1. The van der Waals surface area contributed by atoms with Crippen LogP contribution in [-0.2, 0) is 13.6 Å². The topological polar surface area (TPSA) is 51.4 Å². The number of aromatic amines is 1. The summed E-state index contributed by atoms with van der Waals surface area (Å²) < 4.78 is 4.46. The Kier molecular flexibility index (Phi) is 2.20. The molecule has 6 heteroatoms. The van der Waals surface area contributed by atoms with Gasteiger partial charge >= 0.3 is 0 Å². The van der Waals surface area contributed by atoms with E-state index in [-0.39, 0.29) is 0 Å². The highest BCUT2D eigenvalue weighted by Crippen LogP contribution is 2.13. The molecule has 0 atom stereocenters. The maximum Gasteiger partial charge on any atom is 0.198 e. The average molecular weight is 209 g/mol. The molecule has 0 aromatic carbocycles. The lowest BCUT2D eigenvalue weighted by atomic mass is 10.5. The molecule has 0 bridgehead atoms. The van der Waals surface area contributed by atoms with E-state index in [1.54, 1.807) is 6.20 Å². The Morgan fingerprint density at radius 1 is 1.50 bits per heavy atom. The lowest BCUT2D eigenvalue weighted by Gasteiger charge is -2.02. The number of nitrogens with zero attached hydrogens (tertiary/aromatic N) is 4. The van der Waals surface area contributed by atoms with Gasteiger partial charge in [0.05, 0.1) is 0 Å². The van der Waals surface area contributed by atoms with Crippen LogP contribution in [0, 0.1) is 4.77 Å². The van der Waals surface area contributed by atoms with E-state index >= 15 is 0 Å². The predicted octanol–water partition coefficient (Wildman–Crippen LogP) is 1.36. The lowest BCUT2D eigenvalue weighted by molar-refractivity contribution is 0.744. The van der Waals surface area contributed by atoms with Crippen LogP contribution in [0.5, 0.6) is 0 Å². The monoisotopic (exact) mass is 209 g/mol. The van der Waals surface area contributed by atoms with Gasteiger partial charge in [0.1, 0.15) is 0 Å². The first kappa shape index (κ1) is 9.14. The van der Waals surface area contributed by atoms with Crippen LogP contribution in [0.4, 0.5) is 0 Å². The van der Waals surface area contributed by atoms with Crippen molar-refractivity contribution in [1.29, 1.82) is 0 Å². The van der Waals surface area contributed by atoms with Crippen LogP contribution in [0.2, 0.25) is 0 Å². The molecule has 0 radical (unpaired) electrons. The fourth-order valence-electron chi connectivity index (χ4n) is 1.36. The number of rotatable bonds is 2. The van der Waals surface area contributed by atoms with Crippen molar-refractivity contribution in [3.8, 4) is 11.6 Å². The molecule has 0 amide bonds. The third kappa shape index (κ3) is 1.27. The molecule has 0 spiro atoms. The van der Waals surface area contributed by atoms with Gasteiger partial charge in [0, 0.05) is 26.0 Å². The van der Waals surface area contributed by atoms with E-state index in [1.807, 2.05) is 29.3 Å². The predicted molar refractivity (Wildman–Crippen MR) is 55.3 cm³/mol. The first-order chi connectivity index (χ1) is 6.74. The van der Waals surface area contributed by atoms with E-state index in [0.29, 0.717) is 4.77 Å². The van der Waals surface area contributed by atoms with E-state index < -0.39 is 0 Å². The van der Waals surface area contributed by atoms with Gasteiger partial charge in [0.15, 0.2) is 16.4 Å². The molecule has 74 valence electrons. The van der Waals surface area contributed by atoms with Crippen molar-refractivity contribution in [2.24, 2.45) is 7.05 Å². The Bertz CT molecular complexity index is 492. The molecule has 2 aromatic rings. The Balaban J connectivity index is 2.63. The van der Waals surface area contributed by atoms with Crippen LogP contribution in [0.1, 0.15) is 6.92 Å². The van der Waals surface area contributed by atoms with Crippen molar-refractivity contribution >= 4 is 12.2 Å². The van der Waals surface area contributed by atoms with Crippen LogP contribution in [0.3, 0.4) is 0 Å². The second-order valence-corrected chi connectivity index (χ2v) is 3.35. The molecule has 0 fully saturated rings. The van der Waals surface area contributed by atoms with Gasteiger partial charge in [-0.15, -0.1) is 0 Å². The van der Waals surface area contributed by atoms with Gasteiger partial charge in [-0.2, -0.15) is 5.10 Å². The smallest absolute Gasteiger partial charge is 0.198 e. The van der Waals surface area contributed by atoms with E-state index in [4.69, 9.17) is 12.2 Å². The molecule has 0 saturated carbocycles. The summed E-state index contributed by atoms with van der Waals surface area (Å²) in [4.78, 5) is 4.22. The van der Waals surface area contributed by atoms with Gasteiger partial charge in [0.2, 0.25) is 0 Å². The second kappa shape index (κ2) is 3.38. The third-order valence-corrected chi connectivity index (χ3v) is 2.41. The van der Waals surface area contributed by atoms with Crippen LogP contribution in [-0.4, -0.2) is 24.3 Å². The van der Waals surface area contributed by atoms with Crippen molar-refractivity contribution in [3.63, 3.8) is 0 Å². The molecule has 0 aliphatic heterocycles. The highest BCUT2D eigenvalue weighted by Gasteiger charge is 2.10. The zero-order chi connectivity index (χ0) is 10.1. The standard InChI is InChI=1S/C8H11N5S/c1-3-13-7(10-11-8(13)14)6-9-4-5-12(6)2/h4-5H,3H2,1-2H3,(H,11,14). The Hall–Kier alpha value is -1.43. The van der Waals surface area contributed by atoms with Crippen LogP contribution in [0.15, 0.2) is 12.4 Å². The summed E-state index contributed by atoms with van der Waals surface area (Å²) in [5, 5.41) is 6.92. The summed E-state index contributed by atoms with van der Waals surface area (Å²) in [5.74, 6) is 1.60. The number of hydrogen-bond acceptors (Lipinski definition) is 3. The van der Waals surface area contributed by atoms with Gasteiger partial charge in [-0.1, -0.05) is 0 Å². The van der Waals surface area contributed by atoms with Crippen LogP contribution < -0.4 is 0 Å². The van der Waals surface area contributed by atoms with Crippen LogP contribution >= 0.6 is 12.2 Å². The molecule has 0 saturated heterocycles. The minimum atomic E-state index is 0.630. The molecule has 2 heterocycles. The van der Waals surface area contributed by atoms with Gasteiger partial charge in [-0.05, 0) is 19.1 Å². The van der Waals surface area contributed by atoms with Crippen molar-refractivity contribution in [1.82, 2.24) is 24.3 Å². The normalized spacial score (nSPS) is 10.7. The molecular formula is C8H11N5S. The maximum absolute atomic E-state index is 5.10. The van der Waals surface area contributed by atoms with Gasteiger partial charge < -0.3 is 4.57 Å². The quantitative estimate of drug-likeness (QED) is 0.760. The zero-order valence-corrected chi connectivity index (χ0v) is 8.88. The SMILES string of the molecule is CCn1c(-c2nccn2C)n[nH]c1=S. The van der Waals surface area contributed by atoms with Crippen molar-refractivity contribution in [3.05, 3.63) is 17.2 Å². The van der Waals surface area contributed by atoms with Crippen molar-refractivity contribution in [2.45, 2.75) is 13.5 Å². The summed E-state index contributed by atoms with van der Waals surface area (Å²) in [7, 11) is 1.93. The van der Waals surface area contributed by atoms with E-state index in [9.17, 15) is 0 Å². The molecule has 0 aliphatic rings. The summed E-state index contributed by atoms with van der Waals surface area (Å²) in [6, 6.07) is 0. The first-order valence-corrected chi connectivity index (χ1v) is 4.77. The minimum absolute atomic E-state index is 0.630. The highest BCUT2D eigenvalue weighted by molar-refractivity contribution is 7.71. The highest BCUT2D eigenvalue weighted by atomic mass is 32.1. The van der Waals surface area contributed by atoms with E-state index in [1.165, 1.54) is 0 Å². The maximum atomic E-state index is 5.10. The average Bonchev–Trinajstić information content (AvgIpc) is 2.71. The Morgan fingerprint density at radius 2 is 2.29 bits per heavy atom. The minimum Gasteiger partial charge on any atom is -0.331 e. The molecule has 0 unspecified atom stereocenters. The van der Waals surface area contributed by atoms with Crippen molar-refractivity contribution in [2.75, 3.05) is 0 Å². The summed E-state index contributed by atoms with van der Waals surface area (Å²) in [5.41, 5.74) is 0. The summed E-state index contributed by atoms with van der Waals surface area (Å²) in [6.45, 7) is 2.81. The third-order valence-electron chi connectivity index (χ3n) is 2.10. The number of aromatic nitrogens is 5. The van der Waals surface area contributed by atoms with E-state index in [2.05, 4.69) is 15.2 Å². The molecule has 14 heavy (non-hydrogen) atoms. The Morgan fingerprint density at radius 3 is 2.86 bits per heavy atom. The van der Waals surface area contributed by atoms with Crippen molar-refractivity contribution < 1.29 is 0 Å². The second-order valence-electron chi connectivity index (χ2n) is 2.96. The molecule has 5 nitrogen and oxygen atoms in total. The number of imidazole rings is 1. The number of nitrogens with one attached hydrogen (secondary N) is 1. The zero-order valence-electron chi connectivity index (χ0n) is 8.06. The van der Waals surface area contributed by atoms with Gasteiger partial charge in [0.25, 0.3) is 0 Å². The molecule has 2 aromatic heterocycles. The molecule has 0 aliphatic carbocycles. The van der Waals surface area contributed by atoms with E-state index in [0.717, 1.165) is 18.2 Å². The fraction of sp³-hybridized carbons (Fsp3) is 0.375. The number of H-pyrrole nitrogens is 1. The van der Waals surface area contributed by atoms with Crippen LogP contribution in [0.25, 0.3) is 11.6 Å².